The van der Waals surface area contributed by atoms with Crippen LogP contribution in [0.4, 0.5) is 4.39 Å². The molecule has 67 valence electrons. The number of carbonyl (C=O) groups excluding carboxylic acids is 1. The first-order valence-corrected chi connectivity index (χ1v) is 3.59. The predicted octanol–water partition coefficient (Wildman–Crippen LogP) is -0.633. The Morgan fingerprint density at radius 3 is 2.69 bits per heavy atom. The van der Waals surface area contributed by atoms with E-state index in [4.69, 9.17) is 10.1 Å². The predicted molar refractivity (Wildman–Crippen MR) is 45.3 cm³/mol. The second-order valence-electron chi connectivity index (χ2n) is 2.45. The van der Waals surface area contributed by atoms with Crippen molar-refractivity contribution in [3.8, 4) is 0 Å². The molecular weight excluding hydrogens is 174 g/mol. The Labute approximate surface area is 75.1 Å². The van der Waals surface area contributed by atoms with Crippen LogP contribution >= 0.6 is 0 Å². The summed E-state index contributed by atoms with van der Waals surface area (Å²) in [6.45, 7) is -0.386. The van der Waals surface area contributed by atoms with Crippen LogP contribution in [0, 0.1) is 5.82 Å². The summed E-state index contributed by atoms with van der Waals surface area (Å²) < 4.78 is 13.2. The van der Waals surface area contributed by atoms with E-state index in [-0.39, 0.29) is 23.2 Å². The van der Waals surface area contributed by atoms with Gasteiger partial charge in [0.25, 0.3) is 0 Å². The van der Waals surface area contributed by atoms with E-state index in [1.54, 1.807) is 0 Å². The third-order valence-electron chi connectivity index (χ3n) is 1.73. The lowest BCUT2D eigenvalue weighted by molar-refractivity contribution is 0.112. The molecule has 1 radical (unpaired) electrons. The highest BCUT2D eigenvalue weighted by Crippen LogP contribution is 2.05. The van der Waals surface area contributed by atoms with Crippen molar-refractivity contribution in [2.75, 3.05) is 0 Å². The molecule has 3 nitrogen and oxygen atoms in total. The minimum atomic E-state index is -0.816. The number of rotatable bonds is 3. The Morgan fingerprint density at radius 2 is 2.23 bits per heavy atom. The molecule has 13 heavy (non-hydrogen) atoms. The second kappa shape index (κ2) is 4.16. The lowest BCUT2D eigenvalue weighted by atomic mass is 9.83. The number of hydrogen-bond acceptors (Lipinski definition) is 3. The van der Waals surface area contributed by atoms with Crippen molar-refractivity contribution in [1.82, 2.24) is 0 Å². The Bertz CT molecular complexity index is 327. The van der Waals surface area contributed by atoms with Crippen LogP contribution in [-0.2, 0) is 6.61 Å². The monoisotopic (exact) mass is 181 g/mol. The maximum absolute atomic E-state index is 13.2. The summed E-state index contributed by atoms with van der Waals surface area (Å²) in [4.78, 5) is 10.3. The summed E-state index contributed by atoms with van der Waals surface area (Å²) in [6.07, 6.45) is 0.351. The minimum Gasteiger partial charge on any atom is -0.450 e. The van der Waals surface area contributed by atoms with Crippen molar-refractivity contribution in [3.05, 3.63) is 29.1 Å². The molecule has 1 aromatic rings. The van der Waals surface area contributed by atoms with E-state index >= 15 is 0 Å². The van der Waals surface area contributed by atoms with Crippen LogP contribution in [-0.4, -0.2) is 23.9 Å². The van der Waals surface area contributed by atoms with Gasteiger partial charge in [-0.25, -0.2) is 4.39 Å². The van der Waals surface area contributed by atoms with Gasteiger partial charge in [0.1, 0.15) is 5.82 Å². The van der Waals surface area contributed by atoms with Crippen LogP contribution in [0.25, 0.3) is 0 Å². The summed E-state index contributed by atoms with van der Waals surface area (Å²) in [5.41, 5.74) is -0.0461. The topological polar surface area (TPSA) is 57.5 Å². The van der Waals surface area contributed by atoms with Crippen molar-refractivity contribution >= 4 is 19.2 Å². The minimum absolute atomic E-state index is 0.141. The first kappa shape index (κ1) is 9.89. The van der Waals surface area contributed by atoms with Gasteiger partial charge in [-0.2, -0.15) is 0 Å². The number of halogens is 1. The van der Waals surface area contributed by atoms with E-state index in [0.717, 1.165) is 0 Å². The van der Waals surface area contributed by atoms with Gasteiger partial charge in [0.05, 0.1) is 6.61 Å². The Balaban J connectivity index is 3.31. The largest absolute Gasteiger partial charge is 0.450 e. The molecule has 5 heteroatoms. The van der Waals surface area contributed by atoms with Gasteiger partial charge in [-0.05, 0) is 17.1 Å². The quantitative estimate of drug-likeness (QED) is 0.482. The van der Waals surface area contributed by atoms with Gasteiger partial charge in [0, 0.05) is 5.56 Å². The number of benzene rings is 1. The molecule has 0 saturated heterocycles. The fourth-order valence-electron chi connectivity index (χ4n) is 1.02. The van der Waals surface area contributed by atoms with Gasteiger partial charge >= 0.3 is 7.48 Å². The van der Waals surface area contributed by atoms with Crippen LogP contribution in [0.5, 0.6) is 0 Å². The molecule has 0 saturated carbocycles. The molecule has 0 fully saturated rings. The highest BCUT2D eigenvalue weighted by atomic mass is 19.1. The zero-order valence-electron chi connectivity index (χ0n) is 6.70. The molecule has 2 N–H and O–H groups in total. The number of aliphatic hydroxyl groups is 1. The Kier molecular flexibility index (Phi) is 3.16. The summed E-state index contributed by atoms with van der Waals surface area (Å²) in [5.74, 6) is -0.816. The molecule has 0 atom stereocenters. The van der Waals surface area contributed by atoms with Crippen LogP contribution in [0.3, 0.4) is 0 Å². The van der Waals surface area contributed by atoms with Gasteiger partial charge in [-0.15, -0.1) is 0 Å². The zero-order valence-corrected chi connectivity index (χ0v) is 6.70. The molecule has 0 aliphatic heterocycles. The van der Waals surface area contributed by atoms with Gasteiger partial charge in [-0.1, -0.05) is 6.07 Å². The van der Waals surface area contributed by atoms with Crippen LogP contribution in [0.2, 0.25) is 0 Å². The second-order valence-corrected chi connectivity index (χ2v) is 2.45. The van der Waals surface area contributed by atoms with Crippen LogP contribution < -0.4 is 5.46 Å². The summed E-state index contributed by atoms with van der Waals surface area (Å²) in [5, 5.41) is 17.4. The molecule has 0 aromatic heterocycles. The number of hydrogen-bond donors (Lipinski definition) is 2. The standard InChI is InChI=1S/C8H7BFO3/c10-8-6(4-12)2-1-5(3-11)7(8)9-13/h1-2,4,11,13H,3H2. The maximum atomic E-state index is 13.2. The van der Waals surface area contributed by atoms with Gasteiger partial charge in [-0.3, -0.25) is 4.79 Å². The number of aldehydes is 1. The van der Waals surface area contributed by atoms with Crippen molar-refractivity contribution in [2.24, 2.45) is 0 Å². The van der Waals surface area contributed by atoms with E-state index in [1.807, 2.05) is 0 Å². The van der Waals surface area contributed by atoms with Crippen LogP contribution in [0.15, 0.2) is 12.1 Å². The smallest absolute Gasteiger partial charge is 0.330 e. The Hall–Kier alpha value is -1.20. The third kappa shape index (κ3) is 1.76. The molecule has 0 aliphatic rings. The first-order valence-electron chi connectivity index (χ1n) is 3.59. The number of carbonyl (C=O) groups is 1. The summed E-state index contributed by atoms with van der Waals surface area (Å²) >= 11 is 0. The molecule has 0 amide bonds. The highest BCUT2D eigenvalue weighted by molar-refractivity contribution is 6.46. The van der Waals surface area contributed by atoms with E-state index in [2.05, 4.69) is 0 Å². The van der Waals surface area contributed by atoms with E-state index < -0.39 is 5.82 Å². The molecule has 1 rings (SSSR count). The SMILES string of the molecule is O=Cc1ccc(CO)c([B]O)c1F. The molecule has 1 aromatic carbocycles. The summed E-state index contributed by atoms with van der Waals surface area (Å²) in [7, 11) is 0.536. The van der Waals surface area contributed by atoms with Crippen LogP contribution in [0.1, 0.15) is 15.9 Å². The lowest BCUT2D eigenvalue weighted by Gasteiger charge is -2.05. The average molecular weight is 181 g/mol. The zero-order chi connectivity index (χ0) is 9.84. The van der Waals surface area contributed by atoms with Crippen molar-refractivity contribution in [2.45, 2.75) is 6.61 Å². The van der Waals surface area contributed by atoms with E-state index in [1.165, 1.54) is 12.1 Å². The normalized spacial score (nSPS) is 9.77. The highest BCUT2D eigenvalue weighted by Gasteiger charge is 2.12. The van der Waals surface area contributed by atoms with Gasteiger partial charge in [0.15, 0.2) is 6.29 Å². The third-order valence-corrected chi connectivity index (χ3v) is 1.73. The molecule has 0 bridgehead atoms. The molecular formula is C8H7BFO3. The van der Waals surface area contributed by atoms with Gasteiger partial charge in [0.2, 0.25) is 0 Å². The molecule has 0 spiro atoms. The number of aliphatic hydroxyl groups excluding tert-OH is 1. The average Bonchev–Trinajstić information content (AvgIpc) is 2.17. The first-order chi connectivity index (χ1) is 6.24. The van der Waals surface area contributed by atoms with E-state index in [0.29, 0.717) is 13.8 Å². The fourth-order valence-corrected chi connectivity index (χ4v) is 1.02. The van der Waals surface area contributed by atoms with Gasteiger partial charge < -0.3 is 10.1 Å². The van der Waals surface area contributed by atoms with E-state index in [9.17, 15) is 9.18 Å². The molecule has 0 aliphatic carbocycles. The fraction of sp³-hybridized carbons (Fsp3) is 0.125. The molecule has 0 heterocycles. The summed E-state index contributed by atoms with van der Waals surface area (Å²) in [6, 6.07) is 2.63. The van der Waals surface area contributed by atoms with Crippen molar-refractivity contribution in [1.29, 1.82) is 0 Å². The van der Waals surface area contributed by atoms with Crippen molar-refractivity contribution in [3.63, 3.8) is 0 Å². The Morgan fingerprint density at radius 1 is 1.54 bits per heavy atom. The maximum Gasteiger partial charge on any atom is 0.330 e. The van der Waals surface area contributed by atoms with Crippen molar-refractivity contribution < 1.29 is 19.3 Å². The molecule has 0 unspecified atom stereocenters. The lowest BCUT2D eigenvalue weighted by Crippen LogP contribution is -2.24.